The second kappa shape index (κ2) is 15.5. The maximum atomic E-state index is 8.30. The van der Waals surface area contributed by atoms with Crippen LogP contribution < -0.4 is 20.7 Å². The second-order valence-electron chi connectivity index (χ2n) is 19.1. The van der Waals surface area contributed by atoms with Crippen molar-refractivity contribution in [3.8, 4) is 0 Å². The average Bonchev–Trinajstić information content (AvgIpc) is 3.34. The molecule has 1 aliphatic heterocycles. The van der Waals surface area contributed by atoms with Crippen LogP contribution in [0.15, 0.2) is 218 Å². The van der Waals surface area contributed by atoms with Gasteiger partial charge in [-0.05, 0) is 161 Å². The molecule has 0 N–H and O–H groups in total. The lowest BCUT2D eigenvalue weighted by Crippen LogP contribution is -2.77. The fourth-order valence-electron chi connectivity index (χ4n) is 11.5. The molecular formula is C60H48O4Si4. The minimum Gasteiger partial charge on any atom is -0.409 e. The van der Waals surface area contributed by atoms with Crippen LogP contribution >= 0.6 is 0 Å². The molecule has 1 aliphatic rings. The zero-order chi connectivity index (χ0) is 45.8. The normalized spacial score (nSPS) is 22.4. The number of rotatable bonds is 4. The first-order valence-corrected chi connectivity index (χ1v) is 32.8. The Kier molecular flexibility index (Phi) is 9.47. The predicted octanol–water partition coefficient (Wildman–Crippen LogP) is 13.2. The maximum Gasteiger partial charge on any atom is 0.352 e. The zero-order valence-corrected chi connectivity index (χ0v) is 42.4. The minimum atomic E-state index is -3.62. The van der Waals surface area contributed by atoms with Gasteiger partial charge >= 0.3 is 34.2 Å². The molecule has 0 aromatic heterocycles. The Balaban J connectivity index is 1.12. The molecule has 4 nitrogen and oxygen atoms in total. The van der Waals surface area contributed by atoms with E-state index in [4.69, 9.17) is 16.5 Å². The van der Waals surface area contributed by atoms with E-state index in [0.29, 0.717) is 0 Å². The molecule has 8 heteroatoms. The summed E-state index contributed by atoms with van der Waals surface area (Å²) in [7, 11) is -14.5. The number of hydrogen-bond donors (Lipinski definition) is 0. The van der Waals surface area contributed by atoms with Gasteiger partial charge in [0.1, 0.15) is 0 Å². The highest BCUT2D eigenvalue weighted by molar-refractivity contribution is 7.07. The van der Waals surface area contributed by atoms with E-state index in [-0.39, 0.29) is 0 Å². The van der Waals surface area contributed by atoms with Gasteiger partial charge in [-0.15, -0.1) is 0 Å². The van der Waals surface area contributed by atoms with E-state index in [1.54, 1.807) is 0 Å². The van der Waals surface area contributed by atoms with E-state index in [0.717, 1.165) is 63.8 Å². The van der Waals surface area contributed by atoms with E-state index in [1.807, 2.05) is 0 Å². The third kappa shape index (κ3) is 6.75. The Labute approximate surface area is 399 Å². The van der Waals surface area contributed by atoms with Gasteiger partial charge in [0, 0.05) is 20.7 Å². The van der Waals surface area contributed by atoms with Crippen molar-refractivity contribution in [2.75, 3.05) is 0 Å². The number of fused-ring (bicyclic) bond motifs is 8. The molecule has 0 saturated carbocycles. The zero-order valence-electron chi connectivity index (χ0n) is 38.4. The molecule has 68 heavy (non-hydrogen) atoms. The quantitative estimate of drug-likeness (QED) is 0.130. The van der Waals surface area contributed by atoms with Crippen molar-refractivity contribution in [1.82, 2.24) is 0 Å². The lowest BCUT2D eigenvalue weighted by Gasteiger charge is -2.51. The summed E-state index contributed by atoms with van der Waals surface area (Å²) >= 11 is 0. The van der Waals surface area contributed by atoms with E-state index >= 15 is 0 Å². The van der Waals surface area contributed by atoms with Gasteiger partial charge in [-0.2, -0.15) is 0 Å². The van der Waals surface area contributed by atoms with Crippen LogP contribution in [0.3, 0.4) is 0 Å². The second-order valence-corrected chi connectivity index (χ2v) is 32.1. The van der Waals surface area contributed by atoms with Crippen LogP contribution in [-0.4, -0.2) is 34.2 Å². The van der Waals surface area contributed by atoms with Crippen molar-refractivity contribution in [2.24, 2.45) is 0 Å². The lowest BCUT2D eigenvalue weighted by molar-refractivity contribution is 0.254. The molecule has 0 bridgehead atoms. The summed E-state index contributed by atoms with van der Waals surface area (Å²) in [6.45, 7) is 9.04. The Morgan fingerprint density at radius 2 is 0.382 bits per heavy atom. The summed E-state index contributed by atoms with van der Waals surface area (Å²) in [6.07, 6.45) is 0. The Bertz CT molecular complexity index is 3510. The first kappa shape index (κ1) is 41.6. The molecule has 0 radical (unpaired) electrons. The van der Waals surface area contributed by atoms with E-state index < -0.39 is 34.2 Å². The molecule has 1 heterocycles. The Morgan fingerprint density at radius 1 is 0.206 bits per heavy atom. The molecule has 0 atom stereocenters. The van der Waals surface area contributed by atoms with E-state index in [1.165, 1.54) is 43.1 Å². The third-order valence-electron chi connectivity index (χ3n) is 14.5. The SMILES string of the molecule is C[Si]1(c2cccc3cc4ccccc4cc23)O[Si](C)(c2cccc3cc4ccccc4cc23)O[Si](C)(c2cccc3cc4ccccc4cc23)O[Si](C)(c2cccc3cc4ccccc4cc23)O1. The standard InChI is InChI=1S/C60H48O4Si4/c1-65(57-29-13-25-49-33-41-17-5-9-21-45(41)37-53(49)57)61-66(2,58-30-14-26-50-34-42-18-6-10-22-46(42)38-54(50)58)63-68(4,60-32-16-28-52-36-44-20-8-12-24-48(44)40-56(52)60)64-67(3,62-65)59-31-15-27-51-35-43-19-7-11-23-47(43)39-55(51)59/h5-40H,1-4H3. The highest BCUT2D eigenvalue weighted by Crippen LogP contribution is 2.37. The summed E-state index contributed by atoms with van der Waals surface area (Å²) in [5.74, 6) is 0. The summed E-state index contributed by atoms with van der Waals surface area (Å²) in [5.41, 5.74) is 0. The topological polar surface area (TPSA) is 36.9 Å². The van der Waals surface area contributed by atoms with Crippen LogP contribution in [0.25, 0.3) is 86.2 Å². The first-order chi connectivity index (χ1) is 33.0. The number of benzene rings is 12. The van der Waals surface area contributed by atoms with Gasteiger partial charge in [-0.3, -0.25) is 0 Å². The van der Waals surface area contributed by atoms with Crippen LogP contribution in [0.2, 0.25) is 26.2 Å². The van der Waals surface area contributed by atoms with Gasteiger partial charge in [0.05, 0.1) is 0 Å². The molecule has 0 spiro atoms. The molecule has 0 aliphatic carbocycles. The predicted molar refractivity (Wildman–Crippen MR) is 295 cm³/mol. The molecule has 13 rings (SSSR count). The monoisotopic (exact) mass is 944 g/mol. The summed E-state index contributed by atoms with van der Waals surface area (Å²) in [5, 5.41) is 22.9. The lowest BCUT2D eigenvalue weighted by atomic mass is 10.0. The van der Waals surface area contributed by atoms with Crippen molar-refractivity contribution < 1.29 is 16.5 Å². The van der Waals surface area contributed by atoms with Crippen molar-refractivity contribution in [1.29, 1.82) is 0 Å². The Hall–Kier alpha value is -6.57. The summed E-state index contributed by atoms with van der Waals surface area (Å²) < 4.78 is 33.2. The van der Waals surface area contributed by atoms with Gasteiger partial charge in [0.25, 0.3) is 0 Å². The van der Waals surface area contributed by atoms with Crippen molar-refractivity contribution in [2.45, 2.75) is 26.2 Å². The molecule has 12 aromatic carbocycles. The molecule has 0 amide bonds. The number of hydrogen-bond acceptors (Lipinski definition) is 4. The highest BCUT2D eigenvalue weighted by Gasteiger charge is 2.61. The Morgan fingerprint density at radius 3 is 0.588 bits per heavy atom. The van der Waals surface area contributed by atoms with Gasteiger partial charge in [-0.25, -0.2) is 0 Å². The average molecular weight is 945 g/mol. The summed E-state index contributed by atoms with van der Waals surface area (Å²) in [4.78, 5) is 0. The highest BCUT2D eigenvalue weighted by atomic mass is 28.5. The molecule has 1 saturated heterocycles. The van der Waals surface area contributed by atoms with Crippen molar-refractivity contribution in [3.05, 3.63) is 218 Å². The van der Waals surface area contributed by atoms with Gasteiger partial charge in [-0.1, -0.05) is 170 Å². The molecule has 1 fully saturated rings. The molecule has 328 valence electrons. The van der Waals surface area contributed by atoms with Crippen LogP contribution in [-0.2, 0) is 16.5 Å². The van der Waals surface area contributed by atoms with E-state index in [2.05, 4.69) is 245 Å². The van der Waals surface area contributed by atoms with Crippen LogP contribution in [0, 0.1) is 0 Å². The minimum absolute atomic E-state index is 1.07. The fraction of sp³-hybridized carbons (Fsp3) is 0.0667. The molecule has 0 unspecified atom stereocenters. The van der Waals surface area contributed by atoms with Crippen molar-refractivity contribution >= 4 is 141 Å². The third-order valence-corrected chi connectivity index (χ3v) is 32.6. The van der Waals surface area contributed by atoms with Crippen LogP contribution in [0.4, 0.5) is 0 Å². The van der Waals surface area contributed by atoms with Gasteiger partial charge in [0.2, 0.25) is 0 Å². The first-order valence-electron chi connectivity index (χ1n) is 23.5. The summed E-state index contributed by atoms with van der Waals surface area (Å²) in [6, 6.07) is 79.5. The van der Waals surface area contributed by atoms with E-state index in [9.17, 15) is 0 Å². The van der Waals surface area contributed by atoms with Gasteiger partial charge in [0.15, 0.2) is 0 Å². The maximum absolute atomic E-state index is 8.30. The van der Waals surface area contributed by atoms with Crippen molar-refractivity contribution in [3.63, 3.8) is 0 Å². The fourth-order valence-corrected chi connectivity index (χ4v) is 33.5. The largest absolute Gasteiger partial charge is 0.409 e. The van der Waals surface area contributed by atoms with Gasteiger partial charge < -0.3 is 16.5 Å². The molecular weight excluding hydrogens is 897 g/mol. The van der Waals surface area contributed by atoms with Crippen LogP contribution in [0.5, 0.6) is 0 Å². The smallest absolute Gasteiger partial charge is 0.352 e. The molecule has 12 aromatic rings. The van der Waals surface area contributed by atoms with Crippen LogP contribution in [0.1, 0.15) is 0 Å².